The molecule has 2 aromatic rings. The van der Waals surface area contributed by atoms with Gasteiger partial charge in [0.2, 0.25) is 5.91 Å². The fourth-order valence-electron chi connectivity index (χ4n) is 3.80. The molecule has 1 aromatic heterocycles. The highest BCUT2D eigenvalue weighted by atomic mass is 35.5. The summed E-state index contributed by atoms with van der Waals surface area (Å²) >= 11 is 6.10. The average molecular weight is 408 g/mol. The van der Waals surface area contributed by atoms with Crippen molar-refractivity contribution in [1.82, 2.24) is 9.78 Å². The highest BCUT2D eigenvalue weighted by Crippen LogP contribution is 2.32. The second-order valence-corrected chi connectivity index (χ2v) is 7.67. The number of aryl methyl sites for hydroxylation is 1. The number of amides is 1. The van der Waals surface area contributed by atoms with Crippen molar-refractivity contribution < 1.29 is 19.1 Å². The normalized spacial score (nSPS) is 19.4. The number of nitrogens with one attached hydrogen (secondary N) is 1. The fraction of sp³-hybridized carbons (Fsp3) is 0.450. The Morgan fingerprint density at radius 3 is 2.61 bits per heavy atom. The number of carboxylic acid groups (broad SMARTS) is 1. The van der Waals surface area contributed by atoms with Crippen molar-refractivity contribution in [2.24, 2.45) is 11.8 Å². The molecule has 0 bridgehead atoms. The number of benzene rings is 1. The van der Waals surface area contributed by atoms with Gasteiger partial charge in [0.05, 0.1) is 35.5 Å². The summed E-state index contributed by atoms with van der Waals surface area (Å²) < 4.78 is 14.9. The predicted octanol–water partition coefficient (Wildman–Crippen LogP) is 4.17. The van der Waals surface area contributed by atoms with Crippen LogP contribution in [0.15, 0.2) is 18.2 Å². The maximum absolute atomic E-state index is 13.2. The number of rotatable bonds is 5. The van der Waals surface area contributed by atoms with Gasteiger partial charge < -0.3 is 10.4 Å². The van der Waals surface area contributed by atoms with Gasteiger partial charge in [-0.15, -0.1) is 0 Å². The van der Waals surface area contributed by atoms with E-state index in [1.165, 1.54) is 12.1 Å². The van der Waals surface area contributed by atoms with E-state index in [1.54, 1.807) is 17.7 Å². The van der Waals surface area contributed by atoms with Crippen LogP contribution in [-0.4, -0.2) is 26.8 Å². The van der Waals surface area contributed by atoms with Crippen LogP contribution in [0.2, 0.25) is 5.02 Å². The van der Waals surface area contributed by atoms with Crippen LogP contribution in [-0.2, 0) is 16.1 Å². The lowest BCUT2D eigenvalue weighted by Gasteiger charge is -2.27. The first-order valence-corrected chi connectivity index (χ1v) is 9.67. The van der Waals surface area contributed by atoms with E-state index in [4.69, 9.17) is 11.6 Å². The molecule has 0 saturated heterocycles. The molecule has 0 radical (unpaired) electrons. The van der Waals surface area contributed by atoms with Crippen LogP contribution in [0.1, 0.15) is 42.6 Å². The molecule has 2 N–H and O–H groups in total. The standard InChI is InChI=1S/C20H23ClFN3O3/c1-11-18(23-19(26)15-5-3-4-6-16(15)20(27)28)12(2)25(24-11)10-13-7-8-14(22)9-17(13)21/h7-9,15-16H,3-6,10H2,1-2H3,(H,23,26)(H,27,28). The molecule has 1 heterocycles. The van der Waals surface area contributed by atoms with Gasteiger partial charge in [0.1, 0.15) is 5.82 Å². The van der Waals surface area contributed by atoms with Crippen molar-refractivity contribution in [2.75, 3.05) is 5.32 Å². The maximum atomic E-state index is 13.2. The van der Waals surface area contributed by atoms with E-state index in [1.807, 2.05) is 6.92 Å². The molecule has 1 aromatic carbocycles. The molecule has 150 valence electrons. The summed E-state index contributed by atoms with van der Waals surface area (Å²) in [6.07, 6.45) is 2.77. The van der Waals surface area contributed by atoms with Crippen LogP contribution >= 0.6 is 11.6 Å². The Morgan fingerprint density at radius 2 is 1.96 bits per heavy atom. The largest absolute Gasteiger partial charge is 0.481 e. The Morgan fingerprint density at radius 1 is 1.29 bits per heavy atom. The van der Waals surface area contributed by atoms with Gasteiger partial charge in [0, 0.05) is 5.02 Å². The lowest BCUT2D eigenvalue weighted by molar-refractivity contribution is -0.147. The quantitative estimate of drug-likeness (QED) is 0.779. The van der Waals surface area contributed by atoms with E-state index >= 15 is 0 Å². The highest BCUT2D eigenvalue weighted by Gasteiger charge is 2.36. The van der Waals surface area contributed by atoms with Crippen molar-refractivity contribution in [1.29, 1.82) is 0 Å². The molecular formula is C20H23ClFN3O3. The zero-order chi connectivity index (χ0) is 20.4. The zero-order valence-electron chi connectivity index (χ0n) is 15.8. The zero-order valence-corrected chi connectivity index (χ0v) is 16.6. The van der Waals surface area contributed by atoms with Crippen molar-refractivity contribution in [3.8, 4) is 0 Å². The van der Waals surface area contributed by atoms with E-state index in [2.05, 4.69) is 10.4 Å². The number of aromatic nitrogens is 2. The van der Waals surface area contributed by atoms with Crippen LogP contribution in [0.4, 0.5) is 10.1 Å². The van der Waals surface area contributed by atoms with E-state index in [9.17, 15) is 19.1 Å². The number of anilines is 1. The summed E-state index contributed by atoms with van der Waals surface area (Å²) in [6.45, 7) is 3.94. The molecule has 1 fully saturated rings. The predicted molar refractivity (Wildman–Crippen MR) is 104 cm³/mol. The summed E-state index contributed by atoms with van der Waals surface area (Å²) in [5, 5.41) is 17.1. The van der Waals surface area contributed by atoms with Crippen LogP contribution in [0.25, 0.3) is 0 Å². The Labute approximate surface area is 167 Å². The number of hydrogen-bond donors (Lipinski definition) is 2. The van der Waals surface area contributed by atoms with Crippen molar-refractivity contribution >= 4 is 29.2 Å². The molecular weight excluding hydrogens is 385 g/mol. The van der Waals surface area contributed by atoms with E-state index in [0.717, 1.165) is 18.5 Å². The van der Waals surface area contributed by atoms with Gasteiger partial charge in [0.25, 0.3) is 0 Å². The van der Waals surface area contributed by atoms with Gasteiger partial charge in [-0.1, -0.05) is 30.5 Å². The minimum atomic E-state index is -0.921. The van der Waals surface area contributed by atoms with Gasteiger partial charge in [0.15, 0.2) is 0 Å². The third kappa shape index (κ3) is 4.19. The lowest BCUT2D eigenvalue weighted by Crippen LogP contribution is -2.36. The average Bonchev–Trinajstić information content (AvgIpc) is 2.91. The van der Waals surface area contributed by atoms with Crippen molar-refractivity contribution in [3.05, 3.63) is 46.0 Å². The van der Waals surface area contributed by atoms with E-state index < -0.39 is 23.6 Å². The molecule has 6 nitrogen and oxygen atoms in total. The Balaban J connectivity index is 1.79. The number of carbonyl (C=O) groups excluding carboxylic acids is 1. The van der Waals surface area contributed by atoms with Crippen LogP contribution in [0, 0.1) is 31.5 Å². The second kappa shape index (κ2) is 8.31. The Bertz CT molecular complexity index is 912. The van der Waals surface area contributed by atoms with Crippen LogP contribution in [0.5, 0.6) is 0 Å². The third-order valence-corrected chi connectivity index (χ3v) is 5.74. The molecule has 1 amide bonds. The topological polar surface area (TPSA) is 84.2 Å². The lowest BCUT2D eigenvalue weighted by atomic mass is 9.78. The summed E-state index contributed by atoms with van der Waals surface area (Å²) in [6, 6.07) is 4.19. The van der Waals surface area contributed by atoms with Gasteiger partial charge in [-0.2, -0.15) is 5.10 Å². The number of hydrogen-bond acceptors (Lipinski definition) is 3. The molecule has 1 aliphatic rings. The molecule has 8 heteroatoms. The molecule has 2 atom stereocenters. The van der Waals surface area contributed by atoms with E-state index in [-0.39, 0.29) is 5.91 Å². The number of nitrogens with zero attached hydrogens (tertiary/aromatic N) is 2. The SMILES string of the molecule is Cc1nn(Cc2ccc(F)cc2Cl)c(C)c1NC(=O)C1CCCCC1C(=O)O. The molecule has 0 aliphatic heterocycles. The first-order valence-electron chi connectivity index (χ1n) is 9.29. The molecule has 0 spiro atoms. The van der Waals surface area contributed by atoms with Gasteiger partial charge in [-0.3, -0.25) is 14.3 Å². The van der Waals surface area contributed by atoms with Crippen molar-refractivity contribution in [2.45, 2.75) is 46.1 Å². The Kier molecular flexibility index (Phi) is 6.03. The highest BCUT2D eigenvalue weighted by molar-refractivity contribution is 6.31. The fourth-order valence-corrected chi connectivity index (χ4v) is 4.03. The number of carbonyl (C=O) groups is 2. The van der Waals surface area contributed by atoms with Gasteiger partial charge in [-0.25, -0.2) is 4.39 Å². The summed E-state index contributed by atoms with van der Waals surface area (Å²) in [5.41, 5.74) is 2.66. The molecule has 28 heavy (non-hydrogen) atoms. The number of aliphatic carboxylic acids is 1. The molecule has 1 saturated carbocycles. The molecule has 1 aliphatic carbocycles. The number of halogens is 2. The van der Waals surface area contributed by atoms with Crippen LogP contribution < -0.4 is 5.32 Å². The summed E-state index contributed by atoms with van der Waals surface area (Å²) in [7, 11) is 0. The van der Waals surface area contributed by atoms with Crippen LogP contribution in [0.3, 0.4) is 0 Å². The minimum absolute atomic E-state index is 0.280. The molecule has 3 rings (SSSR count). The van der Waals surface area contributed by atoms with Gasteiger partial charge >= 0.3 is 5.97 Å². The smallest absolute Gasteiger partial charge is 0.307 e. The first kappa shape index (κ1) is 20.3. The molecule has 2 unspecified atom stereocenters. The summed E-state index contributed by atoms with van der Waals surface area (Å²) in [5.74, 6) is -2.80. The van der Waals surface area contributed by atoms with E-state index in [0.29, 0.717) is 41.4 Å². The van der Waals surface area contributed by atoms with Crippen molar-refractivity contribution in [3.63, 3.8) is 0 Å². The Hall–Kier alpha value is -2.41. The maximum Gasteiger partial charge on any atom is 0.307 e. The second-order valence-electron chi connectivity index (χ2n) is 7.26. The first-order chi connectivity index (χ1) is 13.3. The minimum Gasteiger partial charge on any atom is -0.481 e. The monoisotopic (exact) mass is 407 g/mol. The van der Waals surface area contributed by atoms with Gasteiger partial charge in [-0.05, 0) is 44.4 Å². The third-order valence-electron chi connectivity index (χ3n) is 5.38. The summed E-state index contributed by atoms with van der Waals surface area (Å²) in [4.78, 5) is 24.3. The number of carboxylic acids is 1.